The second-order valence-electron chi connectivity index (χ2n) is 4.57. The molecule has 0 radical (unpaired) electrons. The standard InChI is InChI=1S/C13H9NO6S/c15-11(16)6-14-9-4-5-10(21(18,19)20)7-2-1-3-8(12(7)9)13(14)17/h1-5H,6H2,(H,15,16)(H,18,19,20). The van der Waals surface area contributed by atoms with Gasteiger partial charge in [-0.05, 0) is 18.2 Å². The molecular weight excluding hydrogens is 298 g/mol. The van der Waals surface area contributed by atoms with Crippen LogP contribution in [0.2, 0.25) is 0 Å². The van der Waals surface area contributed by atoms with E-state index in [2.05, 4.69) is 0 Å². The van der Waals surface area contributed by atoms with Crippen molar-refractivity contribution in [2.75, 3.05) is 11.4 Å². The lowest BCUT2D eigenvalue weighted by molar-refractivity contribution is -0.135. The number of hydrogen-bond donors (Lipinski definition) is 2. The number of amides is 1. The molecule has 1 aliphatic heterocycles. The van der Waals surface area contributed by atoms with Gasteiger partial charge in [0.1, 0.15) is 11.4 Å². The van der Waals surface area contributed by atoms with Crippen LogP contribution in [0.5, 0.6) is 0 Å². The van der Waals surface area contributed by atoms with Crippen molar-refractivity contribution in [2.24, 2.45) is 0 Å². The summed E-state index contributed by atoms with van der Waals surface area (Å²) in [6.07, 6.45) is 0. The number of rotatable bonds is 3. The lowest BCUT2D eigenvalue weighted by Gasteiger charge is -2.15. The van der Waals surface area contributed by atoms with Crippen molar-refractivity contribution in [1.82, 2.24) is 0 Å². The summed E-state index contributed by atoms with van der Waals surface area (Å²) in [6.45, 7) is -0.520. The monoisotopic (exact) mass is 307 g/mol. The Morgan fingerprint density at radius 1 is 1.19 bits per heavy atom. The van der Waals surface area contributed by atoms with Gasteiger partial charge in [-0.25, -0.2) is 0 Å². The van der Waals surface area contributed by atoms with Gasteiger partial charge in [0.05, 0.1) is 5.69 Å². The quantitative estimate of drug-likeness (QED) is 0.822. The molecule has 1 heterocycles. The van der Waals surface area contributed by atoms with Crippen molar-refractivity contribution in [3.63, 3.8) is 0 Å². The van der Waals surface area contributed by atoms with Crippen LogP contribution in [0.1, 0.15) is 10.4 Å². The topological polar surface area (TPSA) is 112 Å². The van der Waals surface area contributed by atoms with Crippen LogP contribution in [0.15, 0.2) is 35.2 Å². The number of anilines is 1. The summed E-state index contributed by atoms with van der Waals surface area (Å²) in [4.78, 5) is 23.8. The normalized spacial score (nSPS) is 14.0. The van der Waals surface area contributed by atoms with Gasteiger partial charge in [0.25, 0.3) is 16.0 Å². The first-order chi connectivity index (χ1) is 9.80. The fraction of sp³-hybridized carbons (Fsp3) is 0.0769. The number of carbonyl (C=O) groups excluding carboxylic acids is 1. The van der Waals surface area contributed by atoms with Crippen LogP contribution in [0, 0.1) is 0 Å². The first kappa shape index (κ1) is 13.5. The summed E-state index contributed by atoms with van der Waals surface area (Å²) >= 11 is 0. The summed E-state index contributed by atoms with van der Waals surface area (Å²) in [5, 5.41) is 9.40. The van der Waals surface area contributed by atoms with Gasteiger partial charge >= 0.3 is 5.97 Å². The average molecular weight is 307 g/mol. The Morgan fingerprint density at radius 3 is 2.52 bits per heavy atom. The summed E-state index contributed by atoms with van der Waals surface area (Å²) in [7, 11) is -4.44. The Labute approximate surface area is 119 Å². The average Bonchev–Trinajstić information content (AvgIpc) is 2.65. The third-order valence-electron chi connectivity index (χ3n) is 3.32. The van der Waals surface area contributed by atoms with Crippen LogP contribution in [0.3, 0.4) is 0 Å². The van der Waals surface area contributed by atoms with Gasteiger partial charge in [-0.1, -0.05) is 12.1 Å². The van der Waals surface area contributed by atoms with Gasteiger partial charge in [0, 0.05) is 16.3 Å². The maximum absolute atomic E-state index is 12.2. The van der Waals surface area contributed by atoms with Gasteiger partial charge in [-0.3, -0.25) is 19.0 Å². The van der Waals surface area contributed by atoms with Crippen LogP contribution < -0.4 is 4.90 Å². The van der Waals surface area contributed by atoms with E-state index in [4.69, 9.17) is 5.11 Å². The Kier molecular flexibility index (Phi) is 2.75. The van der Waals surface area contributed by atoms with E-state index >= 15 is 0 Å². The van der Waals surface area contributed by atoms with Crippen molar-refractivity contribution in [2.45, 2.75) is 4.90 Å². The Morgan fingerprint density at radius 2 is 1.90 bits per heavy atom. The number of carboxylic acids is 1. The molecule has 1 amide bonds. The number of carboxylic acid groups (broad SMARTS) is 1. The van der Waals surface area contributed by atoms with Crippen molar-refractivity contribution < 1.29 is 27.7 Å². The molecule has 2 N–H and O–H groups in total. The predicted octanol–water partition coefficient (Wildman–Crippen LogP) is 1.13. The molecule has 0 atom stereocenters. The zero-order chi connectivity index (χ0) is 15.4. The second-order valence-corrected chi connectivity index (χ2v) is 5.96. The number of aliphatic carboxylic acids is 1. The molecule has 0 bridgehead atoms. The van der Waals surface area contributed by atoms with E-state index in [-0.39, 0.29) is 15.8 Å². The van der Waals surface area contributed by atoms with Crippen LogP contribution in [-0.4, -0.2) is 36.5 Å². The first-order valence-corrected chi connectivity index (χ1v) is 7.31. The highest BCUT2D eigenvalue weighted by atomic mass is 32.2. The molecular formula is C13H9NO6S. The maximum atomic E-state index is 12.2. The number of carbonyl (C=O) groups is 2. The molecule has 21 heavy (non-hydrogen) atoms. The minimum absolute atomic E-state index is 0.189. The zero-order valence-electron chi connectivity index (χ0n) is 10.5. The molecule has 0 aromatic heterocycles. The van der Waals surface area contributed by atoms with Gasteiger partial charge in [0.15, 0.2) is 0 Å². The smallest absolute Gasteiger partial charge is 0.323 e. The van der Waals surface area contributed by atoms with Crippen molar-refractivity contribution in [3.8, 4) is 0 Å². The largest absolute Gasteiger partial charge is 0.480 e. The highest BCUT2D eigenvalue weighted by Gasteiger charge is 2.32. The third-order valence-corrected chi connectivity index (χ3v) is 4.23. The molecule has 8 heteroatoms. The summed E-state index contributed by atoms with van der Waals surface area (Å²) in [6, 6.07) is 6.91. The second kappa shape index (κ2) is 4.27. The highest BCUT2D eigenvalue weighted by molar-refractivity contribution is 7.86. The Hall–Kier alpha value is -2.45. The molecule has 108 valence electrons. The van der Waals surface area contributed by atoms with Gasteiger partial charge in [0.2, 0.25) is 0 Å². The van der Waals surface area contributed by atoms with Crippen molar-refractivity contribution in [3.05, 3.63) is 35.9 Å². The lowest BCUT2D eigenvalue weighted by Crippen LogP contribution is -2.32. The molecule has 0 fully saturated rings. The van der Waals surface area contributed by atoms with Crippen molar-refractivity contribution in [1.29, 1.82) is 0 Å². The number of nitrogens with zero attached hydrogens (tertiary/aromatic N) is 1. The minimum atomic E-state index is -4.44. The Bertz CT molecular complexity index is 902. The molecule has 2 aromatic rings. The Balaban J connectivity index is 2.36. The third kappa shape index (κ3) is 1.96. The SMILES string of the molecule is O=C(O)CN1C(=O)c2cccc3c(S(=O)(=O)O)ccc1c23. The molecule has 0 spiro atoms. The predicted molar refractivity (Wildman–Crippen MR) is 73.1 cm³/mol. The molecule has 0 saturated carbocycles. The van der Waals surface area contributed by atoms with E-state index in [9.17, 15) is 22.6 Å². The molecule has 3 rings (SSSR count). The molecule has 0 aliphatic carbocycles. The van der Waals surface area contributed by atoms with Gasteiger partial charge in [-0.15, -0.1) is 0 Å². The number of benzene rings is 2. The number of hydrogen-bond acceptors (Lipinski definition) is 4. The van der Waals surface area contributed by atoms with E-state index < -0.39 is 28.5 Å². The lowest BCUT2D eigenvalue weighted by atomic mass is 10.1. The first-order valence-electron chi connectivity index (χ1n) is 5.87. The van der Waals surface area contributed by atoms with Crippen LogP contribution in [-0.2, 0) is 14.9 Å². The van der Waals surface area contributed by atoms with Gasteiger partial charge < -0.3 is 5.11 Å². The molecule has 0 unspecified atom stereocenters. The molecule has 0 saturated heterocycles. The van der Waals surface area contributed by atoms with E-state index in [1.807, 2.05) is 0 Å². The van der Waals surface area contributed by atoms with Crippen LogP contribution in [0.4, 0.5) is 5.69 Å². The molecule has 2 aromatic carbocycles. The van der Waals surface area contributed by atoms with Crippen molar-refractivity contribution >= 4 is 38.5 Å². The van der Waals surface area contributed by atoms with E-state index in [1.54, 1.807) is 0 Å². The fourth-order valence-corrected chi connectivity index (χ4v) is 3.22. The highest BCUT2D eigenvalue weighted by Crippen LogP contribution is 2.39. The van der Waals surface area contributed by atoms with Crippen LogP contribution in [0.25, 0.3) is 10.8 Å². The molecule has 7 nitrogen and oxygen atoms in total. The van der Waals surface area contributed by atoms with E-state index in [0.717, 1.165) is 11.0 Å². The fourth-order valence-electron chi connectivity index (χ4n) is 2.54. The maximum Gasteiger partial charge on any atom is 0.323 e. The van der Waals surface area contributed by atoms with Crippen LogP contribution >= 0.6 is 0 Å². The summed E-state index contributed by atoms with van der Waals surface area (Å²) < 4.78 is 32.0. The summed E-state index contributed by atoms with van der Waals surface area (Å²) in [5.74, 6) is -1.69. The van der Waals surface area contributed by atoms with Gasteiger partial charge in [-0.2, -0.15) is 8.42 Å². The summed E-state index contributed by atoms with van der Waals surface area (Å²) in [5.41, 5.74) is 0.537. The molecule has 1 aliphatic rings. The van der Waals surface area contributed by atoms with E-state index in [1.165, 1.54) is 24.3 Å². The minimum Gasteiger partial charge on any atom is -0.480 e. The van der Waals surface area contributed by atoms with E-state index in [0.29, 0.717) is 11.1 Å². The zero-order valence-corrected chi connectivity index (χ0v) is 11.3.